The third-order valence-corrected chi connectivity index (χ3v) is 5.35. The van der Waals surface area contributed by atoms with Gasteiger partial charge in [0.25, 0.3) is 5.91 Å². The smallest absolute Gasteiger partial charge is 0.433 e. The van der Waals surface area contributed by atoms with Gasteiger partial charge in [0.15, 0.2) is 17.2 Å². The number of amides is 1. The first-order valence-corrected chi connectivity index (χ1v) is 10.0. The minimum Gasteiger partial charge on any atom is -0.486 e. The lowest BCUT2D eigenvalue weighted by atomic mass is 10.1. The van der Waals surface area contributed by atoms with E-state index >= 15 is 0 Å². The van der Waals surface area contributed by atoms with Crippen LogP contribution in [0.4, 0.5) is 24.7 Å². The van der Waals surface area contributed by atoms with Crippen LogP contribution >= 0.6 is 11.6 Å². The topological polar surface area (TPSA) is 111 Å². The Morgan fingerprint density at radius 3 is 2.72 bits per heavy atom. The number of rotatable bonds is 4. The SMILES string of the molecule is CN1CCC(Oc2c(Cl)cncc2NC(=O)c2c(N)nn3ccc(C(F)(F)F)nc23)CC1. The largest absolute Gasteiger partial charge is 0.486 e. The van der Waals surface area contributed by atoms with Crippen LogP contribution in [0.25, 0.3) is 5.65 Å². The molecular formula is C19H19ClF3N7O2. The summed E-state index contributed by atoms with van der Waals surface area (Å²) in [6.07, 6.45) is 0.488. The summed E-state index contributed by atoms with van der Waals surface area (Å²) in [5.74, 6) is -0.868. The Hall–Kier alpha value is -3.12. The number of ether oxygens (including phenoxy) is 1. The number of aromatic nitrogens is 4. The standard InChI is InChI=1S/C19H19ClF3N7O2/c1-29-5-2-10(3-6-29)32-15-11(20)8-25-9-12(15)26-18(31)14-16(24)28-30-7-4-13(19(21,22)23)27-17(14)30/h4,7-10H,2-3,5-6H2,1H3,(H2,24,28)(H,26,31). The van der Waals surface area contributed by atoms with E-state index in [1.165, 1.54) is 12.4 Å². The number of nitrogens with two attached hydrogens (primary N) is 1. The van der Waals surface area contributed by atoms with Gasteiger partial charge >= 0.3 is 6.18 Å². The number of halogens is 4. The van der Waals surface area contributed by atoms with E-state index in [0.29, 0.717) is 0 Å². The molecule has 170 valence electrons. The second kappa shape index (κ2) is 8.43. The molecule has 3 aromatic rings. The number of likely N-dealkylation sites (tertiary alicyclic amines) is 1. The van der Waals surface area contributed by atoms with Crippen LogP contribution in [0.5, 0.6) is 5.75 Å². The van der Waals surface area contributed by atoms with Crippen molar-refractivity contribution in [3.63, 3.8) is 0 Å². The molecule has 0 atom stereocenters. The Morgan fingerprint density at radius 2 is 2.03 bits per heavy atom. The molecule has 1 aliphatic heterocycles. The van der Waals surface area contributed by atoms with Gasteiger partial charge in [0.2, 0.25) is 0 Å². The molecule has 0 saturated carbocycles. The molecular weight excluding hydrogens is 451 g/mol. The summed E-state index contributed by atoms with van der Waals surface area (Å²) in [7, 11) is 2.01. The zero-order valence-corrected chi connectivity index (χ0v) is 17.6. The maximum Gasteiger partial charge on any atom is 0.433 e. The number of pyridine rings is 1. The van der Waals surface area contributed by atoms with Crippen molar-refractivity contribution < 1.29 is 22.7 Å². The Balaban J connectivity index is 1.64. The number of fused-ring (bicyclic) bond motifs is 1. The highest BCUT2D eigenvalue weighted by Gasteiger charge is 2.34. The maximum atomic E-state index is 13.1. The number of alkyl halides is 3. The molecule has 4 heterocycles. The number of nitrogen functional groups attached to an aromatic ring is 1. The summed E-state index contributed by atoms with van der Waals surface area (Å²) in [6, 6.07) is 0.746. The summed E-state index contributed by atoms with van der Waals surface area (Å²) < 4.78 is 46.3. The van der Waals surface area contributed by atoms with Crippen LogP contribution in [0.15, 0.2) is 24.7 Å². The van der Waals surface area contributed by atoms with Crippen molar-refractivity contribution in [1.29, 1.82) is 0 Å². The van der Waals surface area contributed by atoms with E-state index in [2.05, 4.69) is 25.3 Å². The number of carbonyl (C=O) groups is 1. The Bertz CT molecular complexity index is 1160. The lowest BCUT2D eigenvalue weighted by Crippen LogP contribution is -2.35. The molecule has 3 N–H and O–H groups in total. The van der Waals surface area contributed by atoms with E-state index in [0.717, 1.165) is 42.7 Å². The Morgan fingerprint density at radius 1 is 1.31 bits per heavy atom. The van der Waals surface area contributed by atoms with E-state index in [4.69, 9.17) is 22.1 Å². The molecule has 9 nitrogen and oxygen atoms in total. The van der Waals surface area contributed by atoms with Crippen LogP contribution in [0, 0.1) is 0 Å². The van der Waals surface area contributed by atoms with Crippen molar-refractivity contribution in [2.24, 2.45) is 0 Å². The molecule has 13 heteroatoms. The lowest BCUT2D eigenvalue weighted by Gasteiger charge is -2.30. The van der Waals surface area contributed by atoms with Crippen molar-refractivity contribution >= 4 is 34.7 Å². The average Bonchev–Trinajstić information content (AvgIpc) is 3.06. The number of hydrogen-bond donors (Lipinski definition) is 2. The average molecular weight is 470 g/mol. The molecule has 1 fully saturated rings. The molecule has 0 spiro atoms. The van der Waals surface area contributed by atoms with Crippen LogP contribution in [0.1, 0.15) is 28.9 Å². The third kappa shape index (κ3) is 4.41. The molecule has 0 aromatic carbocycles. The minimum atomic E-state index is -4.69. The van der Waals surface area contributed by atoms with Gasteiger partial charge in [0, 0.05) is 25.5 Å². The molecule has 32 heavy (non-hydrogen) atoms. The zero-order chi connectivity index (χ0) is 23.0. The summed E-state index contributed by atoms with van der Waals surface area (Å²) in [6.45, 7) is 1.70. The second-order valence-electron chi connectivity index (χ2n) is 7.41. The summed E-state index contributed by atoms with van der Waals surface area (Å²) in [5.41, 5.74) is 4.16. The molecule has 0 aliphatic carbocycles. The second-order valence-corrected chi connectivity index (χ2v) is 7.82. The van der Waals surface area contributed by atoms with E-state index < -0.39 is 17.8 Å². The number of piperidine rings is 1. The quantitative estimate of drug-likeness (QED) is 0.604. The van der Waals surface area contributed by atoms with Crippen LogP contribution in [0.2, 0.25) is 5.02 Å². The fourth-order valence-electron chi connectivity index (χ4n) is 3.41. The number of anilines is 2. The first-order chi connectivity index (χ1) is 15.1. The van der Waals surface area contributed by atoms with Gasteiger partial charge in [-0.2, -0.15) is 13.2 Å². The highest BCUT2D eigenvalue weighted by molar-refractivity contribution is 6.32. The van der Waals surface area contributed by atoms with Gasteiger partial charge in [0.05, 0.1) is 6.20 Å². The zero-order valence-electron chi connectivity index (χ0n) is 16.9. The van der Waals surface area contributed by atoms with Crippen LogP contribution in [-0.2, 0) is 6.18 Å². The first kappa shape index (κ1) is 22.1. The van der Waals surface area contributed by atoms with E-state index in [1.807, 2.05) is 7.05 Å². The van der Waals surface area contributed by atoms with E-state index in [1.54, 1.807) is 0 Å². The monoisotopic (exact) mass is 469 g/mol. The van der Waals surface area contributed by atoms with Gasteiger partial charge in [-0.15, -0.1) is 5.10 Å². The fraction of sp³-hybridized carbons (Fsp3) is 0.368. The molecule has 0 radical (unpaired) electrons. The van der Waals surface area contributed by atoms with Gasteiger partial charge in [-0.05, 0) is 26.0 Å². The van der Waals surface area contributed by atoms with Gasteiger partial charge in [-0.3, -0.25) is 9.78 Å². The van der Waals surface area contributed by atoms with Crippen molar-refractivity contribution in [3.05, 3.63) is 40.9 Å². The molecule has 1 aliphatic rings. The van der Waals surface area contributed by atoms with Crippen molar-refractivity contribution in [1.82, 2.24) is 24.5 Å². The van der Waals surface area contributed by atoms with Crippen molar-refractivity contribution in [2.45, 2.75) is 25.1 Å². The molecule has 4 rings (SSSR count). The number of carbonyl (C=O) groups excluding carboxylic acids is 1. The normalized spacial score (nSPS) is 15.8. The molecule has 0 unspecified atom stereocenters. The maximum absolute atomic E-state index is 13.1. The predicted molar refractivity (Wildman–Crippen MR) is 111 cm³/mol. The molecule has 3 aromatic heterocycles. The van der Waals surface area contributed by atoms with Gasteiger partial charge in [-0.1, -0.05) is 11.6 Å². The Kier molecular flexibility index (Phi) is 5.82. The van der Waals surface area contributed by atoms with Gasteiger partial charge < -0.3 is 20.7 Å². The van der Waals surface area contributed by atoms with Crippen LogP contribution in [0.3, 0.4) is 0 Å². The minimum absolute atomic E-state index is 0.111. The Labute approximate surface area is 185 Å². The summed E-state index contributed by atoms with van der Waals surface area (Å²) in [4.78, 5) is 22.6. The van der Waals surface area contributed by atoms with Crippen LogP contribution < -0.4 is 15.8 Å². The highest BCUT2D eigenvalue weighted by atomic mass is 35.5. The summed E-state index contributed by atoms with van der Waals surface area (Å²) in [5, 5.41) is 6.62. The highest BCUT2D eigenvalue weighted by Crippen LogP contribution is 2.35. The van der Waals surface area contributed by atoms with Crippen molar-refractivity contribution in [2.75, 3.05) is 31.2 Å². The number of nitrogens with zero attached hydrogens (tertiary/aromatic N) is 5. The van der Waals surface area contributed by atoms with E-state index in [-0.39, 0.29) is 39.6 Å². The third-order valence-electron chi connectivity index (χ3n) is 5.08. The first-order valence-electron chi connectivity index (χ1n) is 9.65. The fourth-order valence-corrected chi connectivity index (χ4v) is 3.61. The van der Waals surface area contributed by atoms with Crippen LogP contribution in [-0.4, -0.2) is 56.6 Å². The lowest BCUT2D eigenvalue weighted by molar-refractivity contribution is -0.141. The predicted octanol–water partition coefficient (Wildman–Crippen LogP) is 3.10. The molecule has 1 saturated heterocycles. The van der Waals surface area contributed by atoms with Crippen molar-refractivity contribution in [3.8, 4) is 5.75 Å². The number of nitrogens with one attached hydrogen (secondary N) is 1. The van der Waals surface area contributed by atoms with E-state index in [9.17, 15) is 18.0 Å². The van der Waals surface area contributed by atoms with Gasteiger partial charge in [0.1, 0.15) is 28.1 Å². The molecule has 1 amide bonds. The van der Waals surface area contributed by atoms with Gasteiger partial charge in [-0.25, -0.2) is 9.50 Å². The number of hydrogen-bond acceptors (Lipinski definition) is 7. The summed E-state index contributed by atoms with van der Waals surface area (Å²) >= 11 is 6.26. The molecule has 0 bridgehead atoms.